The van der Waals surface area contributed by atoms with Gasteiger partial charge in [-0.1, -0.05) is 23.4 Å². The van der Waals surface area contributed by atoms with Crippen LogP contribution >= 0.6 is 23.4 Å². The molecule has 1 fully saturated rings. The second-order valence-corrected chi connectivity index (χ2v) is 8.51. The number of carbonyl (C=O) groups is 1. The van der Waals surface area contributed by atoms with E-state index in [9.17, 15) is 13.6 Å². The molecule has 1 aromatic carbocycles. The summed E-state index contributed by atoms with van der Waals surface area (Å²) in [5, 5.41) is 0.902. The van der Waals surface area contributed by atoms with Crippen LogP contribution in [0.4, 0.5) is 13.6 Å². The second kappa shape index (κ2) is 9.48. The molecule has 0 saturated carbocycles. The number of thioether (sulfide) groups is 1. The van der Waals surface area contributed by atoms with Crippen LogP contribution in [-0.4, -0.2) is 45.4 Å². The van der Waals surface area contributed by atoms with Gasteiger partial charge >= 0.3 is 6.09 Å². The third kappa shape index (κ3) is 4.72. The third-order valence-corrected chi connectivity index (χ3v) is 6.02. The molecule has 4 rings (SSSR count). The number of hydrogen-bond acceptors (Lipinski definition) is 7. The summed E-state index contributed by atoms with van der Waals surface area (Å²) in [5.74, 6) is -1.16. The van der Waals surface area contributed by atoms with Gasteiger partial charge in [-0.05, 0) is 31.4 Å². The van der Waals surface area contributed by atoms with Crippen LogP contribution in [0, 0.1) is 11.6 Å². The van der Waals surface area contributed by atoms with E-state index in [1.54, 1.807) is 19.2 Å². The molecular weight excluding hydrogens is 474 g/mol. The lowest BCUT2D eigenvalue weighted by atomic mass is 10.0. The summed E-state index contributed by atoms with van der Waals surface area (Å²) < 4.78 is 38.3. The first-order valence-corrected chi connectivity index (χ1v) is 11.4. The number of hydrogen-bond donors (Lipinski definition) is 0. The predicted molar refractivity (Wildman–Crippen MR) is 119 cm³/mol. The molecule has 7 nitrogen and oxygen atoms in total. The lowest BCUT2D eigenvalue weighted by Gasteiger charge is -2.22. The molecule has 0 radical (unpaired) electrons. The number of cyclic esters (lactones) is 1. The molecule has 172 valence electrons. The first-order valence-electron chi connectivity index (χ1n) is 9.83. The maximum Gasteiger partial charge on any atom is 0.411 e. The standard InChI is InChI=1S/C22H19ClF2N4O3S/c1-11-19(12-4-14(24)7-15(25)5-12)32-22(30)29(11)10-18-17(9-27-21(28-18)33-3)16-6-13(23)8-26-20(16)31-2/h4-9,11,19H,10H2,1-3H3. The van der Waals surface area contributed by atoms with Gasteiger partial charge in [0.1, 0.15) is 17.7 Å². The predicted octanol–water partition coefficient (Wildman–Crippen LogP) is 5.28. The van der Waals surface area contributed by atoms with Gasteiger partial charge in [0.05, 0.1) is 30.4 Å². The topological polar surface area (TPSA) is 77.4 Å². The van der Waals surface area contributed by atoms with Crippen LogP contribution in [-0.2, 0) is 11.3 Å². The Bertz CT molecular complexity index is 1200. The van der Waals surface area contributed by atoms with Crippen LogP contribution in [0.15, 0.2) is 41.8 Å². The highest BCUT2D eigenvalue weighted by Gasteiger charge is 2.40. The van der Waals surface area contributed by atoms with Crippen molar-refractivity contribution in [2.45, 2.75) is 30.8 Å². The number of methoxy groups -OCH3 is 1. The molecule has 1 aliphatic heterocycles. The van der Waals surface area contributed by atoms with Crippen molar-refractivity contribution in [1.82, 2.24) is 19.9 Å². The highest BCUT2D eigenvalue weighted by molar-refractivity contribution is 7.98. The lowest BCUT2D eigenvalue weighted by molar-refractivity contribution is 0.130. The third-order valence-electron chi connectivity index (χ3n) is 5.26. The number of carbonyl (C=O) groups excluding carboxylic acids is 1. The van der Waals surface area contributed by atoms with Crippen molar-refractivity contribution in [3.05, 3.63) is 64.6 Å². The molecule has 1 saturated heterocycles. The van der Waals surface area contributed by atoms with Crippen LogP contribution in [0.1, 0.15) is 24.3 Å². The van der Waals surface area contributed by atoms with E-state index in [0.29, 0.717) is 32.9 Å². The van der Waals surface area contributed by atoms with Crippen molar-refractivity contribution in [2.75, 3.05) is 13.4 Å². The number of rotatable bonds is 6. The molecule has 0 N–H and O–H groups in total. The maximum absolute atomic E-state index is 13.7. The minimum atomic E-state index is -0.838. The largest absolute Gasteiger partial charge is 0.481 e. The Labute approximate surface area is 198 Å². The van der Waals surface area contributed by atoms with Crippen molar-refractivity contribution in [3.63, 3.8) is 0 Å². The lowest BCUT2D eigenvalue weighted by Crippen LogP contribution is -2.32. The molecule has 2 aromatic heterocycles. The second-order valence-electron chi connectivity index (χ2n) is 7.30. The van der Waals surface area contributed by atoms with E-state index in [0.717, 1.165) is 18.2 Å². The van der Waals surface area contributed by atoms with E-state index >= 15 is 0 Å². The van der Waals surface area contributed by atoms with Crippen molar-refractivity contribution in [3.8, 4) is 17.0 Å². The number of halogens is 3. The molecular formula is C22H19ClF2N4O3S. The van der Waals surface area contributed by atoms with E-state index in [2.05, 4.69) is 15.0 Å². The Morgan fingerprint density at radius 3 is 2.55 bits per heavy atom. The fourth-order valence-corrected chi connectivity index (χ4v) is 4.20. The Morgan fingerprint density at radius 1 is 1.15 bits per heavy atom. The van der Waals surface area contributed by atoms with Gasteiger partial charge in [-0.25, -0.2) is 28.5 Å². The van der Waals surface area contributed by atoms with Crippen molar-refractivity contribution in [1.29, 1.82) is 0 Å². The van der Waals surface area contributed by atoms with Gasteiger partial charge < -0.3 is 9.47 Å². The molecule has 3 aromatic rings. The van der Waals surface area contributed by atoms with Crippen molar-refractivity contribution < 1.29 is 23.0 Å². The first kappa shape index (κ1) is 23.2. The number of ether oxygens (including phenoxy) is 2. The average Bonchev–Trinajstić information content (AvgIpc) is 3.06. The molecule has 1 amide bonds. The van der Waals surface area contributed by atoms with Crippen LogP contribution < -0.4 is 4.74 Å². The summed E-state index contributed by atoms with van der Waals surface area (Å²) in [6.45, 7) is 1.81. The summed E-state index contributed by atoms with van der Waals surface area (Å²) in [4.78, 5) is 27.3. The van der Waals surface area contributed by atoms with Gasteiger partial charge in [-0.15, -0.1) is 0 Å². The number of benzene rings is 1. The molecule has 33 heavy (non-hydrogen) atoms. The van der Waals surface area contributed by atoms with E-state index in [1.165, 1.54) is 30.0 Å². The number of pyridine rings is 1. The molecule has 0 spiro atoms. The molecule has 2 atom stereocenters. The quantitative estimate of drug-likeness (QED) is 0.342. The van der Waals surface area contributed by atoms with Gasteiger partial charge in [0.25, 0.3) is 0 Å². The minimum Gasteiger partial charge on any atom is -0.481 e. The van der Waals surface area contributed by atoms with Gasteiger partial charge in [0.2, 0.25) is 5.88 Å². The van der Waals surface area contributed by atoms with Crippen molar-refractivity contribution in [2.24, 2.45) is 0 Å². The van der Waals surface area contributed by atoms with E-state index < -0.39 is 29.9 Å². The van der Waals surface area contributed by atoms with Crippen LogP contribution in [0.5, 0.6) is 5.88 Å². The van der Waals surface area contributed by atoms with Crippen LogP contribution in [0.3, 0.4) is 0 Å². The van der Waals surface area contributed by atoms with E-state index in [4.69, 9.17) is 21.1 Å². The Hall–Kier alpha value is -2.98. The summed E-state index contributed by atoms with van der Waals surface area (Å²) in [6.07, 6.45) is 3.46. The zero-order chi connectivity index (χ0) is 23.7. The van der Waals surface area contributed by atoms with Crippen molar-refractivity contribution >= 4 is 29.5 Å². The fraction of sp³-hybridized carbons (Fsp3) is 0.273. The molecule has 11 heteroatoms. The molecule has 0 aliphatic carbocycles. The highest BCUT2D eigenvalue weighted by Crippen LogP contribution is 2.37. The van der Waals surface area contributed by atoms with E-state index in [1.807, 2.05) is 6.26 Å². The summed E-state index contributed by atoms with van der Waals surface area (Å²) >= 11 is 7.50. The zero-order valence-corrected chi connectivity index (χ0v) is 19.5. The van der Waals surface area contributed by atoms with E-state index in [-0.39, 0.29) is 12.1 Å². The fourth-order valence-electron chi connectivity index (χ4n) is 3.69. The Morgan fingerprint density at radius 2 is 1.88 bits per heavy atom. The van der Waals surface area contributed by atoms with Gasteiger partial charge in [0, 0.05) is 35.2 Å². The van der Waals surface area contributed by atoms with Gasteiger partial charge in [-0.3, -0.25) is 4.90 Å². The average molecular weight is 493 g/mol. The monoisotopic (exact) mass is 492 g/mol. The maximum atomic E-state index is 13.7. The molecule has 3 heterocycles. The normalized spacial score (nSPS) is 17.9. The van der Waals surface area contributed by atoms with Crippen LogP contribution in [0.2, 0.25) is 5.02 Å². The number of aromatic nitrogens is 3. The smallest absolute Gasteiger partial charge is 0.411 e. The van der Waals surface area contributed by atoms with Gasteiger partial charge in [0.15, 0.2) is 5.16 Å². The Kier molecular flexibility index (Phi) is 6.66. The SMILES string of the molecule is COc1ncc(Cl)cc1-c1cnc(SC)nc1CN1C(=O)OC(c2cc(F)cc(F)c2)C1C. The zero-order valence-electron chi connectivity index (χ0n) is 17.9. The summed E-state index contributed by atoms with van der Waals surface area (Å²) in [5.41, 5.74) is 1.91. The van der Waals surface area contributed by atoms with Gasteiger partial charge in [-0.2, -0.15) is 0 Å². The summed E-state index contributed by atoms with van der Waals surface area (Å²) in [7, 11) is 1.49. The number of nitrogens with zero attached hydrogens (tertiary/aromatic N) is 4. The minimum absolute atomic E-state index is 0.0649. The molecule has 0 bridgehead atoms. The highest BCUT2D eigenvalue weighted by atomic mass is 35.5. The summed E-state index contributed by atoms with van der Waals surface area (Å²) in [6, 6.07) is 4.25. The Balaban J connectivity index is 1.71. The first-order chi connectivity index (χ1) is 15.8. The molecule has 1 aliphatic rings. The number of amides is 1. The molecule has 2 unspecified atom stereocenters. The van der Waals surface area contributed by atoms with Crippen LogP contribution in [0.25, 0.3) is 11.1 Å².